The van der Waals surface area contributed by atoms with E-state index < -0.39 is 5.41 Å². The molecule has 0 N–H and O–H groups in total. The molecule has 0 spiro atoms. The van der Waals surface area contributed by atoms with Crippen molar-refractivity contribution in [1.29, 1.82) is 0 Å². The molecular weight excluding hydrogens is 200 g/mol. The highest BCUT2D eigenvalue weighted by Gasteiger charge is 2.48. The lowest BCUT2D eigenvalue weighted by Gasteiger charge is -2.42. The number of carbonyl (C=O) groups is 2. The van der Waals surface area contributed by atoms with Gasteiger partial charge in [-0.25, -0.2) is 0 Å². The van der Waals surface area contributed by atoms with Crippen molar-refractivity contribution in [2.75, 3.05) is 0 Å². The predicted octanol–water partition coefficient (Wildman–Crippen LogP) is 3.39. The second-order valence-corrected chi connectivity index (χ2v) is 6.41. The first-order chi connectivity index (χ1) is 7.19. The normalized spacial score (nSPS) is 31.2. The van der Waals surface area contributed by atoms with E-state index >= 15 is 0 Å². The summed E-state index contributed by atoms with van der Waals surface area (Å²) in [4.78, 5) is 24.2. The van der Waals surface area contributed by atoms with Gasteiger partial charge in [0.2, 0.25) is 0 Å². The van der Waals surface area contributed by atoms with Crippen LogP contribution in [-0.4, -0.2) is 11.6 Å². The average molecular weight is 224 g/mol. The van der Waals surface area contributed by atoms with Gasteiger partial charge in [-0.2, -0.15) is 0 Å². The third-order valence-corrected chi connectivity index (χ3v) is 3.90. The largest absolute Gasteiger partial charge is 0.300 e. The third-order valence-electron chi connectivity index (χ3n) is 3.90. The van der Waals surface area contributed by atoms with Crippen LogP contribution >= 0.6 is 0 Å². The Balaban J connectivity index is 3.03. The van der Waals surface area contributed by atoms with E-state index in [1.54, 1.807) is 6.92 Å². The van der Waals surface area contributed by atoms with E-state index in [9.17, 15) is 9.59 Å². The summed E-state index contributed by atoms with van der Waals surface area (Å²) in [5, 5.41) is 0. The first-order valence-corrected chi connectivity index (χ1v) is 6.25. The molecule has 0 radical (unpaired) electrons. The fraction of sp³-hybridized carbons (Fsp3) is 0.857. The van der Waals surface area contributed by atoms with Crippen LogP contribution in [0, 0.1) is 16.7 Å². The Labute approximate surface area is 98.8 Å². The van der Waals surface area contributed by atoms with Crippen LogP contribution in [0.2, 0.25) is 0 Å². The van der Waals surface area contributed by atoms with Gasteiger partial charge >= 0.3 is 0 Å². The van der Waals surface area contributed by atoms with Crippen molar-refractivity contribution < 1.29 is 9.59 Å². The highest BCUT2D eigenvalue weighted by atomic mass is 16.1. The first-order valence-electron chi connectivity index (χ1n) is 6.25. The predicted molar refractivity (Wildman–Crippen MR) is 65.2 cm³/mol. The van der Waals surface area contributed by atoms with Crippen LogP contribution in [0.5, 0.6) is 0 Å². The molecule has 2 atom stereocenters. The third kappa shape index (κ3) is 2.36. The van der Waals surface area contributed by atoms with Crippen LogP contribution in [0.3, 0.4) is 0 Å². The molecular formula is C14H24O2. The van der Waals surface area contributed by atoms with Crippen molar-refractivity contribution in [1.82, 2.24) is 0 Å². The van der Waals surface area contributed by atoms with E-state index in [1.807, 2.05) is 27.7 Å². The number of hydrogen-bond acceptors (Lipinski definition) is 2. The fourth-order valence-corrected chi connectivity index (χ4v) is 3.11. The molecule has 2 nitrogen and oxygen atoms in total. The number of hydrogen-bond donors (Lipinski definition) is 0. The number of ketones is 2. The van der Waals surface area contributed by atoms with Crippen LogP contribution < -0.4 is 0 Å². The maximum Gasteiger partial charge on any atom is 0.144 e. The van der Waals surface area contributed by atoms with Crippen LogP contribution in [0.15, 0.2) is 0 Å². The van der Waals surface area contributed by atoms with Crippen molar-refractivity contribution in [2.24, 2.45) is 16.7 Å². The van der Waals surface area contributed by atoms with Gasteiger partial charge in [-0.05, 0) is 19.8 Å². The van der Waals surface area contributed by atoms with E-state index in [1.165, 1.54) is 0 Å². The molecule has 1 aliphatic carbocycles. The summed E-state index contributed by atoms with van der Waals surface area (Å²) >= 11 is 0. The van der Waals surface area contributed by atoms with E-state index in [4.69, 9.17) is 0 Å². The zero-order valence-corrected chi connectivity index (χ0v) is 11.2. The molecule has 0 aromatic carbocycles. The lowest BCUT2D eigenvalue weighted by atomic mass is 9.59. The standard InChI is InChI=1S/C14H24O2/c1-10(15)11-8-6-7-9-14(11,5)12(16)13(2,3)4/h11H,6-9H2,1-5H3. The summed E-state index contributed by atoms with van der Waals surface area (Å²) < 4.78 is 0. The minimum atomic E-state index is -0.428. The van der Waals surface area contributed by atoms with Gasteiger partial charge in [0.25, 0.3) is 0 Å². The van der Waals surface area contributed by atoms with Gasteiger partial charge in [0, 0.05) is 16.7 Å². The van der Waals surface area contributed by atoms with Gasteiger partial charge in [-0.15, -0.1) is 0 Å². The molecule has 2 unspecified atom stereocenters. The summed E-state index contributed by atoms with van der Waals surface area (Å²) in [7, 11) is 0. The monoisotopic (exact) mass is 224 g/mol. The van der Waals surface area contributed by atoms with Crippen LogP contribution in [0.4, 0.5) is 0 Å². The van der Waals surface area contributed by atoms with Gasteiger partial charge in [-0.3, -0.25) is 9.59 Å². The Morgan fingerprint density at radius 1 is 1.19 bits per heavy atom. The first kappa shape index (κ1) is 13.4. The molecule has 16 heavy (non-hydrogen) atoms. The number of carbonyl (C=O) groups excluding carboxylic acids is 2. The Bertz CT molecular complexity index is 298. The molecule has 0 amide bonds. The molecule has 1 fully saturated rings. The molecule has 0 aromatic rings. The van der Waals surface area contributed by atoms with Gasteiger partial charge in [-0.1, -0.05) is 40.5 Å². The zero-order chi connectivity index (χ0) is 12.6. The molecule has 1 aliphatic rings. The van der Waals surface area contributed by atoms with Crippen molar-refractivity contribution in [2.45, 2.75) is 60.3 Å². The molecule has 2 heteroatoms. The van der Waals surface area contributed by atoms with Crippen LogP contribution in [0.25, 0.3) is 0 Å². The average Bonchev–Trinajstić information content (AvgIpc) is 2.15. The van der Waals surface area contributed by atoms with Gasteiger partial charge < -0.3 is 0 Å². The summed E-state index contributed by atoms with van der Waals surface area (Å²) in [5.74, 6) is 0.368. The fourth-order valence-electron chi connectivity index (χ4n) is 3.11. The summed E-state index contributed by atoms with van der Waals surface area (Å²) in [6, 6.07) is 0. The maximum atomic E-state index is 12.5. The maximum absolute atomic E-state index is 12.5. The SMILES string of the molecule is CC(=O)C1CCCCC1(C)C(=O)C(C)(C)C. The molecule has 0 heterocycles. The quantitative estimate of drug-likeness (QED) is 0.720. The molecule has 0 saturated heterocycles. The topological polar surface area (TPSA) is 34.1 Å². The Morgan fingerprint density at radius 3 is 2.19 bits per heavy atom. The lowest BCUT2D eigenvalue weighted by Crippen LogP contribution is -2.46. The summed E-state index contributed by atoms with van der Waals surface area (Å²) in [6.07, 6.45) is 3.90. The Morgan fingerprint density at radius 2 is 1.75 bits per heavy atom. The highest BCUT2D eigenvalue weighted by Crippen LogP contribution is 2.45. The Hall–Kier alpha value is -0.660. The van der Waals surface area contributed by atoms with E-state index in [2.05, 4.69) is 0 Å². The van der Waals surface area contributed by atoms with Gasteiger partial charge in [0.15, 0.2) is 0 Å². The van der Waals surface area contributed by atoms with Crippen LogP contribution in [0.1, 0.15) is 60.3 Å². The number of Topliss-reactive ketones (excluding diaryl/α,β-unsaturated/α-hetero) is 2. The smallest absolute Gasteiger partial charge is 0.144 e. The lowest BCUT2D eigenvalue weighted by molar-refractivity contribution is -0.146. The van der Waals surface area contributed by atoms with Crippen molar-refractivity contribution in [3.05, 3.63) is 0 Å². The summed E-state index contributed by atoms with van der Waals surface area (Å²) in [6.45, 7) is 9.47. The second-order valence-electron chi connectivity index (χ2n) is 6.41. The molecule has 92 valence electrons. The summed E-state index contributed by atoms with van der Waals surface area (Å²) in [5.41, 5.74) is -0.776. The molecule has 1 saturated carbocycles. The van der Waals surface area contributed by atoms with E-state index in [0.717, 1.165) is 25.7 Å². The van der Waals surface area contributed by atoms with E-state index in [-0.39, 0.29) is 22.9 Å². The minimum absolute atomic E-state index is 0.0621. The van der Waals surface area contributed by atoms with E-state index in [0.29, 0.717) is 0 Å². The van der Waals surface area contributed by atoms with Crippen molar-refractivity contribution in [3.63, 3.8) is 0 Å². The molecule has 0 bridgehead atoms. The van der Waals surface area contributed by atoms with Gasteiger partial charge in [0.05, 0.1) is 0 Å². The Kier molecular flexibility index (Phi) is 3.61. The highest BCUT2D eigenvalue weighted by molar-refractivity contribution is 5.94. The molecule has 0 aliphatic heterocycles. The van der Waals surface area contributed by atoms with Crippen molar-refractivity contribution in [3.8, 4) is 0 Å². The molecule has 1 rings (SSSR count). The molecule has 0 aromatic heterocycles. The van der Waals surface area contributed by atoms with Crippen LogP contribution in [-0.2, 0) is 9.59 Å². The minimum Gasteiger partial charge on any atom is -0.300 e. The second kappa shape index (κ2) is 4.31. The zero-order valence-electron chi connectivity index (χ0n) is 11.2. The van der Waals surface area contributed by atoms with Crippen molar-refractivity contribution >= 4 is 11.6 Å². The number of rotatable bonds is 2. The van der Waals surface area contributed by atoms with Gasteiger partial charge in [0.1, 0.15) is 11.6 Å².